The van der Waals surface area contributed by atoms with E-state index in [1.54, 1.807) is 6.07 Å². The molecule has 0 unspecified atom stereocenters. The third-order valence-electron chi connectivity index (χ3n) is 2.58. The number of hydrogen-bond acceptors (Lipinski definition) is 3. The van der Waals surface area contributed by atoms with Crippen molar-refractivity contribution < 1.29 is 14.2 Å². The van der Waals surface area contributed by atoms with Crippen molar-refractivity contribution in [3.8, 4) is 0 Å². The lowest BCUT2D eigenvalue weighted by molar-refractivity contribution is -0.0681. The van der Waals surface area contributed by atoms with Gasteiger partial charge in [0.2, 0.25) is 5.95 Å². The van der Waals surface area contributed by atoms with Gasteiger partial charge in [0.25, 0.3) is 0 Å². The number of pyridine rings is 1. The predicted octanol–water partition coefficient (Wildman–Crippen LogP) is 1.22. The van der Waals surface area contributed by atoms with Crippen LogP contribution in [-0.4, -0.2) is 23.3 Å². The molecule has 0 aliphatic carbocycles. The van der Waals surface area contributed by atoms with Crippen LogP contribution in [0.15, 0.2) is 18.3 Å². The molecule has 1 aromatic rings. The molecule has 2 heterocycles. The lowest BCUT2D eigenvalue weighted by Gasteiger charge is -2.32. The topological polar surface area (TPSA) is 42.4 Å². The van der Waals surface area contributed by atoms with Crippen molar-refractivity contribution in [2.24, 2.45) is 0 Å². The molecule has 14 heavy (non-hydrogen) atoms. The fraction of sp³-hybridized carbons (Fsp3) is 0.500. The summed E-state index contributed by atoms with van der Waals surface area (Å²) in [5.74, 6) is -0.553. The van der Waals surface area contributed by atoms with Crippen LogP contribution >= 0.6 is 0 Å². The van der Waals surface area contributed by atoms with Gasteiger partial charge < -0.3 is 9.84 Å². The molecular formula is C10H12FNO2. The maximum atomic E-state index is 12.8. The third-order valence-corrected chi connectivity index (χ3v) is 2.58. The Morgan fingerprint density at radius 1 is 1.43 bits per heavy atom. The van der Waals surface area contributed by atoms with Crippen LogP contribution in [0, 0.1) is 5.95 Å². The van der Waals surface area contributed by atoms with Crippen molar-refractivity contribution >= 4 is 0 Å². The van der Waals surface area contributed by atoms with Crippen molar-refractivity contribution in [1.82, 2.24) is 4.98 Å². The lowest BCUT2D eigenvalue weighted by atomic mass is 9.87. The number of halogens is 1. The van der Waals surface area contributed by atoms with Crippen LogP contribution < -0.4 is 0 Å². The summed E-state index contributed by atoms with van der Waals surface area (Å²) in [4.78, 5) is 3.46. The van der Waals surface area contributed by atoms with E-state index in [2.05, 4.69) is 4.98 Å². The minimum Gasteiger partial charge on any atom is -0.385 e. The molecular weight excluding hydrogens is 185 g/mol. The zero-order valence-electron chi connectivity index (χ0n) is 7.74. The van der Waals surface area contributed by atoms with E-state index in [9.17, 15) is 9.50 Å². The molecule has 3 nitrogen and oxygen atoms in total. The summed E-state index contributed by atoms with van der Waals surface area (Å²) in [6.45, 7) is 1.03. The van der Waals surface area contributed by atoms with Crippen molar-refractivity contribution in [3.05, 3.63) is 29.8 Å². The van der Waals surface area contributed by atoms with Crippen LogP contribution in [-0.2, 0) is 10.3 Å². The van der Waals surface area contributed by atoms with Crippen LogP contribution in [0.3, 0.4) is 0 Å². The number of rotatable bonds is 1. The molecule has 4 heteroatoms. The van der Waals surface area contributed by atoms with E-state index >= 15 is 0 Å². The highest BCUT2D eigenvalue weighted by Gasteiger charge is 2.31. The van der Waals surface area contributed by atoms with Crippen LogP contribution in [0.4, 0.5) is 4.39 Å². The van der Waals surface area contributed by atoms with Gasteiger partial charge in [-0.3, -0.25) is 0 Å². The zero-order valence-corrected chi connectivity index (χ0v) is 7.74. The van der Waals surface area contributed by atoms with Gasteiger partial charge in [0.05, 0.1) is 5.60 Å². The summed E-state index contributed by atoms with van der Waals surface area (Å²) in [6, 6.07) is 2.93. The Labute approximate surface area is 81.5 Å². The van der Waals surface area contributed by atoms with Gasteiger partial charge >= 0.3 is 0 Å². The van der Waals surface area contributed by atoms with E-state index in [-0.39, 0.29) is 0 Å². The summed E-state index contributed by atoms with van der Waals surface area (Å²) in [6.07, 6.45) is 2.39. The summed E-state index contributed by atoms with van der Waals surface area (Å²) in [5, 5.41) is 10.2. The number of ether oxygens (including phenoxy) is 1. The SMILES string of the molecule is OC1(c2ccnc(F)c2)CCOCC1. The molecule has 1 saturated heterocycles. The molecule has 0 aromatic carbocycles. The van der Waals surface area contributed by atoms with Gasteiger partial charge in [0.15, 0.2) is 0 Å². The van der Waals surface area contributed by atoms with Crippen LogP contribution in [0.1, 0.15) is 18.4 Å². The molecule has 0 radical (unpaired) electrons. The first-order valence-electron chi connectivity index (χ1n) is 4.63. The highest BCUT2D eigenvalue weighted by atomic mass is 19.1. The van der Waals surface area contributed by atoms with E-state index in [4.69, 9.17) is 4.74 Å². The maximum Gasteiger partial charge on any atom is 0.213 e. The van der Waals surface area contributed by atoms with E-state index in [0.717, 1.165) is 0 Å². The summed E-state index contributed by atoms with van der Waals surface area (Å²) in [7, 11) is 0. The normalized spacial score (nSPS) is 20.7. The number of nitrogens with zero attached hydrogens (tertiary/aromatic N) is 1. The van der Waals surface area contributed by atoms with Crippen LogP contribution in [0.5, 0.6) is 0 Å². The van der Waals surface area contributed by atoms with Gasteiger partial charge in [0.1, 0.15) is 0 Å². The van der Waals surface area contributed by atoms with E-state index in [0.29, 0.717) is 31.6 Å². The van der Waals surface area contributed by atoms with Crippen molar-refractivity contribution in [3.63, 3.8) is 0 Å². The van der Waals surface area contributed by atoms with Gasteiger partial charge in [-0.2, -0.15) is 4.39 Å². The first kappa shape index (κ1) is 9.55. The van der Waals surface area contributed by atoms with Crippen molar-refractivity contribution in [2.45, 2.75) is 18.4 Å². The van der Waals surface area contributed by atoms with Gasteiger partial charge in [0, 0.05) is 32.3 Å². The Bertz CT molecular complexity index is 324. The highest BCUT2D eigenvalue weighted by molar-refractivity contribution is 5.20. The van der Waals surface area contributed by atoms with Gasteiger partial charge in [-0.15, -0.1) is 0 Å². The highest BCUT2D eigenvalue weighted by Crippen LogP contribution is 2.31. The first-order valence-corrected chi connectivity index (χ1v) is 4.63. The summed E-state index contributed by atoms with van der Waals surface area (Å²) in [5.41, 5.74) is -0.351. The molecule has 2 rings (SSSR count). The number of aromatic nitrogens is 1. The number of hydrogen-bond donors (Lipinski definition) is 1. The van der Waals surface area contributed by atoms with Crippen molar-refractivity contribution in [1.29, 1.82) is 0 Å². The molecule has 0 atom stereocenters. The molecule has 1 aliphatic heterocycles. The lowest BCUT2D eigenvalue weighted by Crippen LogP contribution is -2.33. The molecule has 0 amide bonds. The van der Waals surface area contributed by atoms with E-state index < -0.39 is 11.5 Å². The Kier molecular flexibility index (Phi) is 2.48. The van der Waals surface area contributed by atoms with Crippen molar-refractivity contribution in [2.75, 3.05) is 13.2 Å². The average Bonchev–Trinajstić information content (AvgIpc) is 2.19. The largest absolute Gasteiger partial charge is 0.385 e. The second-order valence-corrected chi connectivity index (χ2v) is 3.51. The van der Waals surface area contributed by atoms with Crippen LogP contribution in [0.25, 0.3) is 0 Å². The Morgan fingerprint density at radius 2 is 2.14 bits per heavy atom. The number of aliphatic hydroxyl groups is 1. The monoisotopic (exact) mass is 197 g/mol. The quantitative estimate of drug-likeness (QED) is 0.688. The van der Waals surface area contributed by atoms with Gasteiger partial charge in [-0.25, -0.2) is 4.98 Å². The Hall–Kier alpha value is -1.00. The first-order chi connectivity index (χ1) is 6.71. The average molecular weight is 197 g/mol. The van der Waals surface area contributed by atoms with E-state index in [1.807, 2.05) is 0 Å². The maximum absolute atomic E-state index is 12.8. The fourth-order valence-corrected chi connectivity index (χ4v) is 1.69. The van der Waals surface area contributed by atoms with E-state index in [1.165, 1.54) is 12.3 Å². The summed E-state index contributed by atoms with van der Waals surface area (Å²) < 4.78 is 18.0. The third kappa shape index (κ3) is 1.76. The standard InChI is InChI=1S/C10H12FNO2/c11-9-7-8(1-4-12-9)10(13)2-5-14-6-3-10/h1,4,7,13H,2-3,5-6H2. The molecule has 0 spiro atoms. The minimum absolute atomic E-state index is 0.510. The second-order valence-electron chi connectivity index (χ2n) is 3.51. The van der Waals surface area contributed by atoms with Gasteiger partial charge in [-0.05, 0) is 17.7 Å². The fourth-order valence-electron chi connectivity index (χ4n) is 1.69. The van der Waals surface area contributed by atoms with Crippen LogP contribution in [0.2, 0.25) is 0 Å². The predicted molar refractivity (Wildman–Crippen MR) is 48.1 cm³/mol. The van der Waals surface area contributed by atoms with Gasteiger partial charge in [-0.1, -0.05) is 0 Å². The molecule has 1 fully saturated rings. The molecule has 0 bridgehead atoms. The molecule has 76 valence electrons. The molecule has 0 saturated carbocycles. The summed E-state index contributed by atoms with van der Waals surface area (Å²) >= 11 is 0. The Morgan fingerprint density at radius 3 is 2.79 bits per heavy atom. The second kappa shape index (κ2) is 3.63. The smallest absolute Gasteiger partial charge is 0.213 e. The zero-order chi connectivity index (χ0) is 10.0. The molecule has 1 N–H and O–H groups in total. The Balaban J connectivity index is 2.28. The molecule has 1 aliphatic rings. The molecule has 1 aromatic heterocycles. The minimum atomic E-state index is -0.942.